The Labute approximate surface area is 227 Å². The molecule has 1 atom stereocenters. The molecular weight excluding hydrogens is 498 g/mol. The number of rotatable bonds is 12. The third-order valence-corrected chi connectivity index (χ3v) is 5.85. The van der Waals surface area contributed by atoms with Crippen LogP contribution >= 0.6 is 0 Å². The average Bonchev–Trinajstić information content (AvgIpc) is 2.94. The molecule has 0 saturated carbocycles. The Morgan fingerprint density at radius 2 is 1.54 bits per heavy atom. The lowest BCUT2D eigenvalue weighted by Gasteiger charge is -2.19. The molecule has 3 aromatic rings. The quantitative estimate of drug-likeness (QED) is 0.117. The summed E-state index contributed by atoms with van der Waals surface area (Å²) in [4.78, 5) is 49.2. The first-order valence-corrected chi connectivity index (χ1v) is 12.7. The molecule has 0 heterocycles. The lowest BCUT2D eigenvalue weighted by Crippen LogP contribution is -2.39. The van der Waals surface area contributed by atoms with Gasteiger partial charge in [0.05, 0.1) is 0 Å². The zero-order chi connectivity index (χ0) is 28.0. The number of hydrogen-bond donors (Lipinski definition) is 6. The number of amides is 5. The number of unbranched alkanes of at least 4 members (excludes halogenated alkanes) is 2. The summed E-state index contributed by atoms with van der Waals surface area (Å²) >= 11 is 0. The van der Waals surface area contributed by atoms with Crippen LogP contribution in [0.25, 0.3) is 0 Å². The Kier molecular flexibility index (Phi) is 11.0. The highest BCUT2D eigenvalue weighted by atomic mass is 16.5. The smallest absolute Gasteiger partial charge is 0.320 e. The number of carbonyl (C=O) groups excluding carboxylic acids is 4. The molecule has 0 bridgehead atoms. The first-order chi connectivity index (χ1) is 18.9. The molecule has 5 amide bonds. The van der Waals surface area contributed by atoms with Gasteiger partial charge in [0.15, 0.2) is 0 Å². The summed E-state index contributed by atoms with van der Waals surface area (Å²) in [5, 5.41) is 19.6. The second kappa shape index (κ2) is 14.9. The van der Waals surface area contributed by atoms with Gasteiger partial charge in [0.1, 0.15) is 6.04 Å². The van der Waals surface area contributed by atoms with E-state index in [0.717, 1.165) is 12.0 Å². The van der Waals surface area contributed by atoms with Crippen molar-refractivity contribution < 1.29 is 24.4 Å². The summed E-state index contributed by atoms with van der Waals surface area (Å²) in [6, 6.07) is 21.2. The Balaban J connectivity index is 1.53. The van der Waals surface area contributed by atoms with Gasteiger partial charge in [0.25, 0.3) is 11.8 Å². The van der Waals surface area contributed by atoms with E-state index in [9.17, 15) is 19.2 Å². The van der Waals surface area contributed by atoms with E-state index in [4.69, 9.17) is 5.21 Å². The molecule has 0 aliphatic rings. The van der Waals surface area contributed by atoms with Crippen molar-refractivity contribution in [3.63, 3.8) is 0 Å². The van der Waals surface area contributed by atoms with Crippen LogP contribution in [0, 0.1) is 6.92 Å². The maximum atomic E-state index is 13.1. The van der Waals surface area contributed by atoms with E-state index in [2.05, 4.69) is 21.3 Å². The standard InChI is InChI=1S/C29H33N5O5/c1-20-9-8-12-24(19-20)31-28(37)26(21-10-4-2-5-11-21)33-29(38)32-23-16-14-22(15-17-23)27(36)30-18-7-3-6-13-25(35)34-39/h2,4-5,8-12,14-17,19,26,39H,3,6-7,13,18H2,1H3,(H,30,36)(H,31,37)(H,34,35)(H2,32,33,38)/t26-/m0/s1. The van der Waals surface area contributed by atoms with Crippen molar-refractivity contribution in [3.8, 4) is 0 Å². The number of anilines is 2. The second-order valence-electron chi connectivity index (χ2n) is 8.98. The molecule has 3 rings (SSSR count). The molecule has 0 saturated heterocycles. The predicted molar refractivity (Wildman–Crippen MR) is 148 cm³/mol. The molecule has 10 heteroatoms. The van der Waals surface area contributed by atoms with Crippen LogP contribution in [0.3, 0.4) is 0 Å². The van der Waals surface area contributed by atoms with Crippen LogP contribution in [0.5, 0.6) is 0 Å². The van der Waals surface area contributed by atoms with Crippen molar-refractivity contribution in [2.24, 2.45) is 0 Å². The molecule has 0 unspecified atom stereocenters. The summed E-state index contributed by atoms with van der Waals surface area (Å²) in [6.45, 7) is 2.38. The average molecular weight is 532 g/mol. The molecule has 204 valence electrons. The Bertz CT molecular complexity index is 1260. The molecule has 0 aliphatic carbocycles. The van der Waals surface area contributed by atoms with E-state index >= 15 is 0 Å². The van der Waals surface area contributed by atoms with Crippen LogP contribution in [-0.2, 0) is 9.59 Å². The summed E-state index contributed by atoms with van der Waals surface area (Å²) in [7, 11) is 0. The van der Waals surface area contributed by atoms with Crippen LogP contribution in [0.2, 0.25) is 0 Å². The number of aryl methyl sites for hydroxylation is 1. The maximum absolute atomic E-state index is 13.1. The molecule has 0 aliphatic heterocycles. The van der Waals surface area contributed by atoms with E-state index in [0.29, 0.717) is 41.9 Å². The second-order valence-corrected chi connectivity index (χ2v) is 8.98. The SMILES string of the molecule is Cc1cccc(NC(=O)[C@@H](NC(=O)Nc2ccc(C(=O)NCCCCCC(=O)NO)cc2)c2ccccc2)c1. The van der Waals surface area contributed by atoms with Crippen LogP contribution in [0.1, 0.15) is 53.2 Å². The van der Waals surface area contributed by atoms with Crippen molar-refractivity contribution in [3.05, 3.63) is 95.6 Å². The monoisotopic (exact) mass is 531 g/mol. The highest BCUT2D eigenvalue weighted by molar-refractivity contribution is 6.00. The van der Waals surface area contributed by atoms with Gasteiger partial charge < -0.3 is 21.3 Å². The van der Waals surface area contributed by atoms with E-state index in [1.54, 1.807) is 60.1 Å². The fraction of sp³-hybridized carbons (Fsp3) is 0.241. The molecule has 3 aromatic carbocycles. The van der Waals surface area contributed by atoms with Crippen LogP contribution < -0.4 is 26.7 Å². The van der Waals surface area contributed by atoms with E-state index < -0.39 is 18.0 Å². The number of urea groups is 1. The number of hydroxylamine groups is 1. The minimum atomic E-state index is -0.935. The van der Waals surface area contributed by atoms with Gasteiger partial charge in [-0.15, -0.1) is 0 Å². The molecular formula is C29H33N5O5. The zero-order valence-corrected chi connectivity index (χ0v) is 21.7. The van der Waals surface area contributed by atoms with Gasteiger partial charge in [-0.1, -0.05) is 48.9 Å². The van der Waals surface area contributed by atoms with Crippen LogP contribution in [0.15, 0.2) is 78.9 Å². The minimum absolute atomic E-state index is 0.232. The minimum Gasteiger partial charge on any atom is -0.352 e. The number of carbonyl (C=O) groups is 4. The van der Waals surface area contributed by atoms with Gasteiger partial charge in [0.2, 0.25) is 5.91 Å². The largest absolute Gasteiger partial charge is 0.352 e. The van der Waals surface area contributed by atoms with Gasteiger partial charge >= 0.3 is 6.03 Å². The van der Waals surface area contributed by atoms with E-state index in [-0.39, 0.29) is 18.2 Å². The van der Waals surface area contributed by atoms with Gasteiger partial charge in [-0.25, -0.2) is 10.3 Å². The third kappa shape index (κ3) is 9.60. The summed E-state index contributed by atoms with van der Waals surface area (Å²) < 4.78 is 0. The Morgan fingerprint density at radius 1 is 0.795 bits per heavy atom. The third-order valence-electron chi connectivity index (χ3n) is 5.85. The summed E-state index contributed by atoms with van der Waals surface area (Å²) in [6.07, 6.45) is 2.28. The first kappa shape index (κ1) is 28.9. The van der Waals surface area contributed by atoms with Gasteiger partial charge in [-0.2, -0.15) is 0 Å². The fourth-order valence-electron chi connectivity index (χ4n) is 3.83. The molecule has 0 fully saturated rings. The molecule has 39 heavy (non-hydrogen) atoms. The van der Waals surface area contributed by atoms with Gasteiger partial charge in [-0.05, 0) is 67.3 Å². The Morgan fingerprint density at radius 3 is 2.23 bits per heavy atom. The molecule has 6 N–H and O–H groups in total. The number of hydrogen-bond acceptors (Lipinski definition) is 5. The topological polar surface area (TPSA) is 149 Å². The predicted octanol–water partition coefficient (Wildman–Crippen LogP) is 4.29. The van der Waals surface area contributed by atoms with E-state index in [1.165, 1.54) is 0 Å². The molecule has 0 spiro atoms. The zero-order valence-electron chi connectivity index (χ0n) is 21.7. The van der Waals surface area contributed by atoms with E-state index in [1.807, 2.05) is 31.2 Å². The van der Waals surface area contributed by atoms with Crippen molar-refractivity contribution in [1.29, 1.82) is 0 Å². The van der Waals surface area contributed by atoms with Crippen molar-refractivity contribution in [2.45, 2.75) is 38.6 Å². The lowest BCUT2D eigenvalue weighted by molar-refractivity contribution is -0.129. The normalized spacial score (nSPS) is 11.1. The van der Waals surface area contributed by atoms with Crippen LogP contribution in [0.4, 0.5) is 16.2 Å². The van der Waals surface area contributed by atoms with Gasteiger partial charge in [-0.3, -0.25) is 19.6 Å². The summed E-state index contributed by atoms with van der Waals surface area (Å²) in [5.41, 5.74) is 4.73. The van der Waals surface area contributed by atoms with Crippen molar-refractivity contribution in [1.82, 2.24) is 16.1 Å². The van der Waals surface area contributed by atoms with Crippen molar-refractivity contribution >= 4 is 35.1 Å². The highest BCUT2D eigenvalue weighted by Crippen LogP contribution is 2.18. The molecule has 0 aromatic heterocycles. The lowest BCUT2D eigenvalue weighted by atomic mass is 10.1. The number of nitrogens with one attached hydrogen (secondary N) is 5. The molecule has 0 radical (unpaired) electrons. The summed E-state index contributed by atoms with van der Waals surface area (Å²) in [5.74, 6) is -1.07. The highest BCUT2D eigenvalue weighted by Gasteiger charge is 2.23. The maximum Gasteiger partial charge on any atom is 0.320 e. The van der Waals surface area contributed by atoms with Crippen LogP contribution in [-0.4, -0.2) is 35.5 Å². The Hall–Kier alpha value is -4.70. The first-order valence-electron chi connectivity index (χ1n) is 12.7. The van der Waals surface area contributed by atoms with Gasteiger partial charge in [0, 0.05) is 29.9 Å². The van der Waals surface area contributed by atoms with Crippen molar-refractivity contribution in [2.75, 3.05) is 17.2 Å². The fourth-order valence-corrected chi connectivity index (χ4v) is 3.83. The molecule has 10 nitrogen and oxygen atoms in total. The number of benzene rings is 3.